The Bertz CT molecular complexity index is 271. The molecule has 0 aromatic carbocycles. The van der Waals surface area contributed by atoms with E-state index in [0.29, 0.717) is 13.1 Å². The molecule has 2 heterocycles. The molecule has 1 aliphatic heterocycles. The number of hydrogen-bond donors (Lipinski definition) is 1. The molecule has 2 rings (SSSR count). The highest BCUT2D eigenvalue weighted by atomic mass is 16.6. The summed E-state index contributed by atoms with van der Waals surface area (Å²) in [7, 11) is 0. The van der Waals surface area contributed by atoms with Crippen LogP contribution in [0.3, 0.4) is 0 Å². The number of carbonyl (C=O) groups is 1. The Morgan fingerprint density at radius 2 is 2.75 bits per heavy atom. The van der Waals surface area contributed by atoms with Gasteiger partial charge in [0.15, 0.2) is 0 Å². The summed E-state index contributed by atoms with van der Waals surface area (Å²) in [5.41, 5.74) is 0. The predicted octanol–water partition coefficient (Wildman–Crippen LogP) is -0.614. The van der Waals surface area contributed by atoms with Crippen molar-refractivity contribution in [3.05, 3.63) is 12.7 Å². The van der Waals surface area contributed by atoms with E-state index in [0.717, 1.165) is 0 Å². The summed E-state index contributed by atoms with van der Waals surface area (Å²) in [6.07, 6.45) is 2.55. The average Bonchev–Trinajstić information content (AvgIpc) is 2.63. The van der Waals surface area contributed by atoms with Gasteiger partial charge in [-0.25, -0.2) is 14.5 Å². The largest absolute Gasteiger partial charge is 0.442 e. The molecule has 6 heteroatoms. The van der Waals surface area contributed by atoms with Gasteiger partial charge in [-0.1, -0.05) is 0 Å². The van der Waals surface area contributed by atoms with Gasteiger partial charge in [0.1, 0.15) is 18.8 Å². The average molecular weight is 168 g/mol. The fourth-order valence-corrected chi connectivity index (χ4v) is 1.07. The van der Waals surface area contributed by atoms with Crippen molar-refractivity contribution in [2.75, 3.05) is 6.54 Å². The van der Waals surface area contributed by atoms with Crippen LogP contribution in [0.4, 0.5) is 4.79 Å². The lowest BCUT2D eigenvalue weighted by Crippen LogP contribution is -2.20. The topological polar surface area (TPSA) is 69.0 Å². The van der Waals surface area contributed by atoms with Gasteiger partial charge in [-0.3, -0.25) is 0 Å². The van der Waals surface area contributed by atoms with E-state index in [2.05, 4.69) is 15.4 Å². The molecule has 6 nitrogen and oxygen atoms in total. The molecule has 64 valence electrons. The highest BCUT2D eigenvalue weighted by Gasteiger charge is 2.22. The molecule has 1 aromatic rings. The van der Waals surface area contributed by atoms with Gasteiger partial charge < -0.3 is 10.1 Å². The molecule has 0 aliphatic carbocycles. The van der Waals surface area contributed by atoms with Crippen LogP contribution in [0.5, 0.6) is 0 Å². The van der Waals surface area contributed by atoms with E-state index in [1.807, 2.05) is 0 Å². The molecule has 1 aliphatic rings. The molecule has 0 spiro atoms. The molecule has 1 N–H and O–H groups in total. The third-order valence-electron chi connectivity index (χ3n) is 1.61. The van der Waals surface area contributed by atoms with Crippen LogP contribution >= 0.6 is 0 Å². The second-order valence-corrected chi connectivity index (χ2v) is 2.53. The molecular weight excluding hydrogens is 160 g/mol. The standard InChI is InChI=1S/C6H8N4O2/c11-6-8-1-5(12-6)2-10-4-7-3-9-10/h3-5H,1-2H2,(H,8,11)/t5-/m1/s1. The number of nitrogens with one attached hydrogen (secondary N) is 1. The summed E-state index contributed by atoms with van der Waals surface area (Å²) in [5, 5.41) is 6.45. The second kappa shape index (κ2) is 2.80. The first kappa shape index (κ1) is 7.08. The van der Waals surface area contributed by atoms with Crippen molar-refractivity contribution in [1.82, 2.24) is 20.1 Å². The minimum absolute atomic E-state index is 0.126. The normalized spacial score (nSPS) is 22.0. The summed E-state index contributed by atoms with van der Waals surface area (Å²) in [5.74, 6) is 0. The van der Waals surface area contributed by atoms with Crippen LogP contribution in [-0.2, 0) is 11.3 Å². The third kappa shape index (κ3) is 1.36. The van der Waals surface area contributed by atoms with Gasteiger partial charge in [-0.2, -0.15) is 5.10 Å². The van der Waals surface area contributed by atoms with Crippen LogP contribution in [-0.4, -0.2) is 33.5 Å². The Morgan fingerprint density at radius 3 is 3.33 bits per heavy atom. The van der Waals surface area contributed by atoms with Crippen LogP contribution in [0.2, 0.25) is 0 Å². The van der Waals surface area contributed by atoms with Gasteiger partial charge in [0.2, 0.25) is 0 Å². The quantitative estimate of drug-likeness (QED) is 0.639. The van der Waals surface area contributed by atoms with Crippen LogP contribution in [0, 0.1) is 0 Å². The summed E-state index contributed by atoms with van der Waals surface area (Å²) in [4.78, 5) is 14.4. The molecule has 0 bridgehead atoms. The monoisotopic (exact) mass is 168 g/mol. The highest BCUT2D eigenvalue weighted by Crippen LogP contribution is 2.01. The van der Waals surface area contributed by atoms with E-state index < -0.39 is 0 Å². The molecule has 1 amide bonds. The van der Waals surface area contributed by atoms with E-state index >= 15 is 0 Å². The zero-order chi connectivity index (χ0) is 8.39. The molecule has 0 radical (unpaired) electrons. The number of alkyl carbamates (subject to hydrolysis) is 1. The number of cyclic esters (lactones) is 1. The number of carbonyl (C=O) groups excluding carboxylic acids is 1. The van der Waals surface area contributed by atoms with Gasteiger partial charge in [0.05, 0.1) is 13.1 Å². The fraction of sp³-hybridized carbons (Fsp3) is 0.500. The van der Waals surface area contributed by atoms with Crippen molar-refractivity contribution < 1.29 is 9.53 Å². The van der Waals surface area contributed by atoms with Gasteiger partial charge in [-0.15, -0.1) is 0 Å². The maximum absolute atomic E-state index is 10.6. The first-order valence-corrected chi connectivity index (χ1v) is 3.61. The molecular formula is C6H8N4O2. The second-order valence-electron chi connectivity index (χ2n) is 2.53. The fourth-order valence-electron chi connectivity index (χ4n) is 1.07. The zero-order valence-corrected chi connectivity index (χ0v) is 6.30. The Kier molecular flexibility index (Phi) is 1.65. The van der Waals surface area contributed by atoms with Gasteiger partial charge in [0, 0.05) is 0 Å². The number of rotatable bonds is 2. The number of amides is 1. The van der Waals surface area contributed by atoms with E-state index in [4.69, 9.17) is 4.74 Å². The van der Waals surface area contributed by atoms with Gasteiger partial charge >= 0.3 is 6.09 Å². The predicted molar refractivity (Wildman–Crippen MR) is 38.3 cm³/mol. The first-order valence-electron chi connectivity index (χ1n) is 3.61. The zero-order valence-electron chi connectivity index (χ0n) is 6.30. The highest BCUT2D eigenvalue weighted by molar-refractivity contribution is 5.69. The molecule has 0 saturated carbocycles. The van der Waals surface area contributed by atoms with E-state index in [9.17, 15) is 4.79 Å². The molecule has 1 saturated heterocycles. The SMILES string of the molecule is O=C1NC[C@H](Cn2cncn2)O1. The van der Waals surface area contributed by atoms with Crippen LogP contribution in [0.1, 0.15) is 0 Å². The lowest BCUT2D eigenvalue weighted by Gasteiger charge is -2.05. The number of ether oxygens (including phenoxy) is 1. The van der Waals surface area contributed by atoms with E-state index in [1.54, 1.807) is 11.0 Å². The summed E-state index contributed by atoms with van der Waals surface area (Å²) in [6.45, 7) is 1.09. The van der Waals surface area contributed by atoms with Crippen LogP contribution < -0.4 is 5.32 Å². The molecule has 1 fully saturated rings. The minimum Gasteiger partial charge on any atom is -0.442 e. The van der Waals surface area contributed by atoms with Gasteiger partial charge in [-0.05, 0) is 0 Å². The number of hydrogen-bond acceptors (Lipinski definition) is 4. The maximum Gasteiger partial charge on any atom is 0.407 e. The molecule has 12 heavy (non-hydrogen) atoms. The van der Waals surface area contributed by atoms with E-state index in [-0.39, 0.29) is 12.2 Å². The molecule has 0 unspecified atom stereocenters. The van der Waals surface area contributed by atoms with Crippen LogP contribution in [0.25, 0.3) is 0 Å². The van der Waals surface area contributed by atoms with Crippen LogP contribution in [0.15, 0.2) is 12.7 Å². The molecule has 1 aromatic heterocycles. The van der Waals surface area contributed by atoms with Crippen molar-refractivity contribution in [1.29, 1.82) is 0 Å². The summed E-state index contributed by atoms with van der Waals surface area (Å²) in [6, 6.07) is 0. The lowest BCUT2D eigenvalue weighted by atomic mass is 10.4. The minimum atomic E-state index is -0.361. The van der Waals surface area contributed by atoms with Crippen molar-refractivity contribution in [2.24, 2.45) is 0 Å². The Hall–Kier alpha value is -1.59. The summed E-state index contributed by atoms with van der Waals surface area (Å²) < 4.78 is 6.53. The number of nitrogens with zero attached hydrogens (tertiary/aromatic N) is 3. The van der Waals surface area contributed by atoms with Crippen molar-refractivity contribution in [3.63, 3.8) is 0 Å². The number of aromatic nitrogens is 3. The van der Waals surface area contributed by atoms with Crippen molar-refractivity contribution in [3.8, 4) is 0 Å². The van der Waals surface area contributed by atoms with Gasteiger partial charge in [0.25, 0.3) is 0 Å². The van der Waals surface area contributed by atoms with Crippen molar-refractivity contribution >= 4 is 6.09 Å². The Morgan fingerprint density at radius 1 is 1.83 bits per heavy atom. The summed E-state index contributed by atoms with van der Waals surface area (Å²) >= 11 is 0. The first-order chi connectivity index (χ1) is 5.84. The smallest absolute Gasteiger partial charge is 0.407 e. The third-order valence-corrected chi connectivity index (χ3v) is 1.61. The van der Waals surface area contributed by atoms with E-state index in [1.165, 1.54) is 6.33 Å². The lowest BCUT2D eigenvalue weighted by molar-refractivity contribution is 0.128. The Balaban J connectivity index is 1.92. The Labute approximate surface area is 68.5 Å². The maximum atomic E-state index is 10.6. The molecule has 1 atom stereocenters. The van der Waals surface area contributed by atoms with Crippen molar-refractivity contribution in [2.45, 2.75) is 12.6 Å².